The van der Waals surface area contributed by atoms with Gasteiger partial charge in [-0.3, -0.25) is 0 Å². The van der Waals surface area contributed by atoms with Crippen LogP contribution in [0.4, 0.5) is 0 Å². The van der Waals surface area contributed by atoms with Crippen molar-refractivity contribution in [2.24, 2.45) is 5.92 Å². The molecule has 2 unspecified atom stereocenters. The van der Waals surface area contributed by atoms with Crippen LogP contribution in [0.25, 0.3) is 6.08 Å². The quantitative estimate of drug-likeness (QED) is 0.364. The van der Waals surface area contributed by atoms with Crippen LogP contribution in [0.1, 0.15) is 45.1 Å². The Morgan fingerprint density at radius 2 is 1.96 bits per heavy atom. The van der Waals surface area contributed by atoms with Crippen molar-refractivity contribution in [3.8, 4) is 0 Å². The minimum absolute atomic E-state index is 0.246. The molecule has 1 aromatic rings. The van der Waals surface area contributed by atoms with Crippen molar-refractivity contribution < 1.29 is 19.7 Å². The van der Waals surface area contributed by atoms with Crippen LogP contribution in [-0.2, 0) is 9.53 Å². The molecule has 2 N–H and O–H groups in total. The Morgan fingerprint density at radius 3 is 2.56 bits per heavy atom. The number of unbranched alkanes of at least 4 members (excludes halogenated alkanes) is 1. The standard InChI is InChI=1S/C21H30O4/c1-3-5-9-17(4-2)16-25-21(24)19(14-20(23)15-22)13-12-18-10-7-6-8-11-18/h6-8,10-14,17,20,22-23H,3-5,9,15-16H2,1-2H3. The molecule has 0 spiro atoms. The molecule has 2 atom stereocenters. The van der Waals surface area contributed by atoms with Gasteiger partial charge in [-0.25, -0.2) is 4.79 Å². The summed E-state index contributed by atoms with van der Waals surface area (Å²) in [6, 6.07) is 9.56. The summed E-state index contributed by atoms with van der Waals surface area (Å²) in [5, 5.41) is 18.7. The summed E-state index contributed by atoms with van der Waals surface area (Å²) in [6.07, 6.45) is 7.88. The summed E-state index contributed by atoms with van der Waals surface area (Å²) in [5.74, 6) is -0.124. The smallest absolute Gasteiger partial charge is 0.337 e. The highest BCUT2D eigenvalue weighted by atomic mass is 16.5. The number of hydrogen-bond donors (Lipinski definition) is 2. The van der Waals surface area contributed by atoms with E-state index in [0.717, 1.165) is 31.2 Å². The van der Waals surface area contributed by atoms with Gasteiger partial charge < -0.3 is 14.9 Å². The fraction of sp³-hybridized carbons (Fsp3) is 0.476. The summed E-state index contributed by atoms with van der Waals surface area (Å²) in [6.45, 7) is 4.17. The monoisotopic (exact) mass is 346 g/mol. The first-order chi connectivity index (χ1) is 12.1. The first-order valence-corrected chi connectivity index (χ1v) is 9.01. The average Bonchev–Trinajstić information content (AvgIpc) is 2.65. The van der Waals surface area contributed by atoms with E-state index >= 15 is 0 Å². The van der Waals surface area contributed by atoms with Gasteiger partial charge in [0.25, 0.3) is 0 Å². The second-order valence-corrected chi connectivity index (χ2v) is 6.13. The Labute approximate surface area is 150 Å². The second-order valence-electron chi connectivity index (χ2n) is 6.13. The lowest BCUT2D eigenvalue weighted by atomic mass is 10.0. The molecule has 0 aliphatic heterocycles. The van der Waals surface area contributed by atoms with Crippen LogP contribution >= 0.6 is 0 Å². The van der Waals surface area contributed by atoms with E-state index in [0.29, 0.717) is 12.5 Å². The molecule has 0 saturated carbocycles. The summed E-state index contributed by atoms with van der Waals surface area (Å²) >= 11 is 0. The van der Waals surface area contributed by atoms with Crippen molar-refractivity contribution in [1.82, 2.24) is 0 Å². The first kappa shape index (κ1) is 21.1. The Morgan fingerprint density at radius 1 is 1.24 bits per heavy atom. The molecule has 0 amide bonds. The number of benzene rings is 1. The lowest BCUT2D eigenvalue weighted by molar-refractivity contribution is -0.140. The van der Waals surface area contributed by atoms with Crippen molar-refractivity contribution in [3.05, 3.63) is 53.6 Å². The van der Waals surface area contributed by atoms with E-state index in [4.69, 9.17) is 9.84 Å². The Kier molecular flexibility index (Phi) is 10.5. The molecule has 0 aliphatic rings. The SMILES string of the molecule is CCCCC(CC)COC(=O)C(C=Cc1ccccc1)=CC(O)CO. The fourth-order valence-corrected chi connectivity index (χ4v) is 2.38. The predicted octanol–water partition coefficient (Wildman–Crippen LogP) is 3.74. The lowest BCUT2D eigenvalue weighted by Crippen LogP contribution is -2.17. The summed E-state index contributed by atoms with van der Waals surface area (Å²) < 4.78 is 5.44. The number of aliphatic hydroxyl groups excluding tert-OH is 2. The molecular weight excluding hydrogens is 316 g/mol. The van der Waals surface area contributed by atoms with E-state index < -0.39 is 18.7 Å². The number of carbonyl (C=O) groups excluding carboxylic acids is 1. The lowest BCUT2D eigenvalue weighted by Gasteiger charge is -2.15. The number of rotatable bonds is 11. The molecule has 138 valence electrons. The molecule has 4 nitrogen and oxygen atoms in total. The van der Waals surface area contributed by atoms with Gasteiger partial charge in [0.1, 0.15) is 0 Å². The Bertz CT molecular complexity index is 548. The maximum atomic E-state index is 12.4. The van der Waals surface area contributed by atoms with Gasteiger partial charge in [-0.15, -0.1) is 0 Å². The fourth-order valence-electron chi connectivity index (χ4n) is 2.38. The highest BCUT2D eigenvalue weighted by molar-refractivity contribution is 5.93. The Balaban J connectivity index is 2.76. The van der Waals surface area contributed by atoms with Gasteiger partial charge in [-0.2, -0.15) is 0 Å². The zero-order chi connectivity index (χ0) is 18.5. The van der Waals surface area contributed by atoms with Gasteiger partial charge in [0.05, 0.1) is 24.9 Å². The number of hydrogen-bond acceptors (Lipinski definition) is 4. The van der Waals surface area contributed by atoms with E-state index in [2.05, 4.69) is 13.8 Å². The molecule has 0 aliphatic carbocycles. The van der Waals surface area contributed by atoms with Crippen molar-refractivity contribution in [2.75, 3.05) is 13.2 Å². The molecule has 1 rings (SSSR count). The minimum Gasteiger partial charge on any atom is -0.462 e. The van der Waals surface area contributed by atoms with Crippen LogP contribution in [0.3, 0.4) is 0 Å². The van der Waals surface area contributed by atoms with Crippen molar-refractivity contribution in [2.45, 2.75) is 45.6 Å². The number of aliphatic hydroxyl groups is 2. The highest BCUT2D eigenvalue weighted by Gasteiger charge is 2.14. The summed E-state index contributed by atoms with van der Waals surface area (Å²) in [5.41, 5.74) is 1.19. The molecule has 1 aromatic carbocycles. The van der Waals surface area contributed by atoms with E-state index in [9.17, 15) is 9.90 Å². The topological polar surface area (TPSA) is 66.8 Å². The van der Waals surface area contributed by atoms with Crippen LogP contribution < -0.4 is 0 Å². The van der Waals surface area contributed by atoms with Gasteiger partial charge in [0.2, 0.25) is 0 Å². The summed E-state index contributed by atoms with van der Waals surface area (Å²) in [7, 11) is 0. The zero-order valence-electron chi connectivity index (χ0n) is 15.2. The molecule has 25 heavy (non-hydrogen) atoms. The van der Waals surface area contributed by atoms with Gasteiger partial charge >= 0.3 is 5.97 Å². The Hall–Kier alpha value is -1.91. The molecular formula is C21H30O4. The number of ether oxygens (including phenoxy) is 1. The van der Waals surface area contributed by atoms with E-state index in [1.807, 2.05) is 30.3 Å². The molecule has 0 aromatic heterocycles. The van der Waals surface area contributed by atoms with Crippen molar-refractivity contribution in [3.63, 3.8) is 0 Å². The third-order valence-corrected chi connectivity index (χ3v) is 4.04. The third kappa shape index (κ3) is 8.66. The minimum atomic E-state index is -1.09. The van der Waals surface area contributed by atoms with Crippen LogP contribution in [-0.4, -0.2) is 35.5 Å². The van der Waals surface area contributed by atoms with Gasteiger partial charge in [-0.1, -0.05) is 69.5 Å². The maximum absolute atomic E-state index is 12.4. The van der Waals surface area contributed by atoms with E-state index in [1.54, 1.807) is 12.2 Å². The molecule has 0 heterocycles. The number of carbonyl (C=O) groups is 1. The molecule has 0 saturated heterocycles. The highest BCUT2D eigenvalue weighted by Crippen LogP contribution is 2.15. The van der Waals surface area contributed by atoms with Crippen LogP contribution in [0.15, 0.2) is 48.1 Å². The van der Waals surface area contributed by atoms with Gasteiger partial charge in [-0.05, 0) is 30.1 Å². The van der Waals surface area contributed by atoms with Crippen LogP contribution in [0.2, 0.25) is 0 Å². The largest absolute Gasteiger partial charge is 0.462 e. The van der Waals surface area contributed by atoms with Crippen LogP contribution in [0.5, 0.6) is 0 Å². The predicted molar refractivity (Wildman–Crippen MR) is 101 cm³/mol. The molecule has 4 heteroatoms. The first-order valence-electron chi connectivity index (χ1n) is 9.01. The van der Waals surface area contributed by atoms with E-state index in [-0.39, 0.29) is 5.57 Å². The third-order valence-electron chi connectivity index (χ3n) is 4.04. The summed E-state index contributed by atoms with van der Waals surface area (Å²) in [4.78, 5) is 12.4. The molecule has 0 fully saturated rings. The average molecular weight is 346 g/mol. The molecule has 0 bridgehead atoms. The van der Waals surface area contributed by atoms with Gasteiger partial charge in [0, 0.05) is 0 Å². The normalized spacial score (nSPS) is 14.5. The second kappa shape index (κ2) is 12.5. The number of esters is 1. The van der Waals surface area contributed by atoms with Crippen LogP contribution in [0, 0.1) is 5.92 Å². The molecule has 0 radical (unpaired) electrons. The van der Waals surface area contributed by atoms with Crippen molar-refractivity contribution in [1.29, 1.82) is 0 Å². The van der Waals surface area contributed by atoms with E-state index in [1.165, 1.54) is 6.08 Å². The maximum Gasteiger partial charge on any atom is 0.337 e. The zero-order valence-corrected chi connectivity index (χ0v) is 15.2. The van der Waals surface area contributed by atoms with Crippen molar-refractivity contribution >= 4 is 12.0 Å². The van der Waals surface area contributed by atoms with Gasteiger partial charge in [0.15, 0.2) is 0 Å².